The second-order valence-corrected chi connectivity index (χ2v) is 18.1. The van der Waals surface area contributed by atoms with Gasteiger partial charge in [0.2, 0.25) is 0 Å². The molecule has 1 aromatic rings. The molecule has 4 aliphatic carbocycles. The van der Waals surface area contributed by atoms with Gasteiger partial charge in [0.15, 0.2) is 0 Å². The Bertz CT molecular complexity index is 1380. The Labute approximate surface area is 276 Å². The minimum atomic E-state index is -4.26. The van der Waals surface area contributed by atoms with E-state index in [-0.39, 0.29) is 23.0 Å². The van der Waals surface area contributed by atoms with E-state index in [1.54, 1.807) is 13.8 Å². The van der Waals surface area contributed by atoms with Crippen LogP contribution in [0.1, 0.15) is 111 Å². The highest BCUT2D eigenvalue weighted by atomic mass is 32.2. The molecule has 7 nitrogen and oxygen atoms in total. The third-order valence-corrected chi connectivity index (χ3v) is 15.0. The Hall–Kier alpha value is -2.00. The molecule has 0 bridgehead atoms. The van der Waals surface area contributed by atoms with Crippen molar-refractivity contribution in [2.24, 2.45) is 52.3 Å². The number of hydrogen-bond donors (Lipinski definition) is 3. The molecule has 0 aromatic heterocycles. The van der Waals surface area contributed by atoms with Crippen LogP contribution in [0.15, 0.2) is 29.2 Å². The summed E-state index contributed by atoms with van der Waals surface area (Å²) in [5.74, 6) is 1.07. The summed E-state index contributed by atoms with van der Waals surface area (Å²) in [5, 5.41) is 14.6. The number of amides is 2. The number of fused-ring (bicyclic) bond motifs is 5. The molecule has 0 radical (unpaired) electrons. The largest absolute Gasteiger partial charge is 0.393 e. The standard InChI is InChI=1S/C37H57FN2O5S/c1-7-26-28-10-8-9-19-36(28,5)30-17-20-37(6)27(15-16-29(37)31(30)32(26)41)23(2)18-21-39-33(42)34(43)40-46(44,45)25-13-11-24(12-14-25)35(3,4)22-38/h11-14,23,26-32,41H,7-10,15-22H2,1-6H3,(H,39,42)(H,40,43)/t23-,26-,27-,28+,29+,30+,31+,32-,36+,37-/m1/s1. The maximum Gasteiger partial charge on any atom is 0.322 e. The minimum absolute atomic E-state index is 0.141. The Balaban J connectivity index is 1.17. The lowest BCUT2D eigenvalue weighted by Gasteiger charge is -2.64. The molecule has 46 heavy (non-hydrogen) atoms. The smallest absolute Gasteiger partial charge is 0.322 e. The van der Waals surface area contributed by atoms with E-state index in [9.17, 15) is 27.5 Å². The van der Waals surface area contributed by atoms with Gasteiger partial charge in [0.05, 0.1) is 17.7 Å². The third-order valence-electron chi connectivity index (χ3n) is 13.7. The van der Waals surface area contributed by atoms with Gasteiger partial charge in [-0.15, -0.1) is 0 Å². The van der Waals surface area contributed by atoms with Crippen LogP contribution in [0.3, 0.4) is 0 Å². The van der Waals surface area contributed by atoms with E-state index in [0.717, 1.165) is 19.3 Å². The predicted molar refractivity (Wildman–Crippen MR) is 178 cm³/mol. The number of carbonyl (C=O) groups is 2. The molecular formula is C37H57FN2O5S. The van der Waals surface area contributed by atoms with E-state index >= 15 is 0 Å². The van der Waals surface area contributed by atoms with Crippen molar-refractivity contribution in [3.05, 3.63) is 29.8 Å². The molecule has 0 aliphatic heterocycles. The normalized spacial score (nSPS) is 36.6. The van der Waals surface area contributed by atoms with Crippen LogP contribution < -0.4 is 10.0 Å². The first kappa shape index (κ1) is 35.3. The number of nitrogens with one attached hydrogen (secondary N) is 2. The summed E-state index contributed by atoms with van der Waals surface area (Å²) in [6.45, 7) is 12.6. The van der Waals surface area contributed by atoms with Crippen molar-refractivity contribution in [1.29, 1.82) is 0 Å². The fourth-order valence-electron chi connectivity index (χ4n) is 11.1. The highest BCUT2D eigenvalue weighted by Gasteiger charge is 2.64. The van der Waals surface area contributed by atoms with E-state index in [0.29, 0.717) is 58.8 Å². The maximum absolute atomic E-state index is 13.3. The molecule has 0 saturated heterocycles. The number of aliphatic hydroxyl groups excluding tert-OH is 1. The minimum Gasteiger partial charge on any atom is -0.393 e. The van der Waals surface area contributed by atoms with Gasteiger partial charge in [0.1, 0.15) is 0 Å². The topological polar surface area (TPSA) is 113 Å². The molecular weight excluding hydrogens is 603 g/mol. The monoisotopic (exact) mass is 660 g/mol. The molecule has 2 amide bonds. The van der Waals surface area contributed by atoms with E-state index in [1.165, 1.54) is 62.8 Å². The molecule has 10 atom stereocenters. The van der Waals surface area contributed by atoms with Crippen molar-refractivity contribution in [3.8, 4) is 0 Å². The zero-order valence-corrected chi connectivity index (χ0v) is 29.6. The van der Waals surface area contributed by atoms with Crippen LogP contribution in [-0.4, -0.2) is 44.7 Å². The predicted octanol–water partition coefficient (Wildman–Crippen LogP) is 6.54. The molecule has 5 rings (SSSR count). The van der Waals surface area contributed by atoms with Crippen LogP contribution in [-0.2, 0) is 25.0 Å². The number of sulfonamides is 1. The molecule has 258 valence electrons. The van der Waals surface area contributed by atoms with Crippen LogP contribution in [0.4, 0.5) is 4.39 Å². The quantitative estimate of drug-likeness (QED) is 0.261. The second-order valence-electron chi connectivity index (χ2n) is 16.4. The lowest BCUT2D eigenvalue weighted by atomic mass is 9.41. The SMILES string of the molecule is CC[C@H]1[C@@H](O)[C@@H]2[C@H](CC[C@]3(C)[C@@H]([C@H](C)CCNC(=O)C(=O)NS(=O)(=O)c4ccc(C(C)(C)CF)cc4)CC[C@@H]23)[C@@]2(C)CCCC[C@@H]12. The number of alkyl halides is 1. The zero-order valence-electron chi connectivity index (χ0n) is 28.8. The highest BCUT2D eigenvalue weighted by Crippen LogP contribution is 2.69. The first-order chi connectivity index (χ1) is 21.6. The van der Waals surface area contributed by atoms with Gasteiger partial charge in [-0.2, -0.15) is 0 Å². The van der Waals surface area contributed by atoms with E-state index in [2.05, 4.69) is 33.0 Å². The van der Waals surface area contributed by atoms with Crippen molar-refractivity contribution in [2.45, 2.75) is 122 Å². The third kappa shape index (κ3) is 6.17. The van der Waals surface area contributed by atoms with E-state index in [4.69, 9.17) is 0 Å². The summed E-state index contributed by atoms with van der Waals surface area (Å²) in [6.07, 6.45) is 11.3. The Morgan fingerprint density at radius 1 is 0.978 bits per heavy atom. The molecule has 4 fully saturated rings. The molecule has 0 heterocycles. The number of aliphatic hydroxyl groups is 1. The number of benzene rings is 1. The molecule has 9 heteroatoms. The van der Waals surface area contributed by atoms with Gasteiger partial charge < -0.3 is 10.4 Å². The summed E-state index contributed by atoms with van der Waals surface area (Å²) in [7, 11) is -4.26. The molecule has 0 spiro atoms. The van der Waals surface area contributed by atoms with Gasteiger partial charge in [0.25, 0.3) is 10.0 Å². The fraction of sp³-hybridized carbons (Fsp3) is 0.784. The van der Waals surface area contributed by atoms with Crippen LogP contribution in [0.2, 0.25) is 0 Å². The second kappa shape index (κ2) is 13.1. The summed E-state index contributed by atoms with van der Waals surface area (Å²) in [4.78, 5) is 25.0. The van der Waals surface area contributed by atoms with Gasteiger partial charge in [-0.05, 0) is 115 Å². The number of rotatable bonds is 9. The van der Waals surface area contributed by atoms with Gasteiger partial charge >= 0.3 is 11.8 Å². The first-order valence-electron chi connectivity index (χ1n) is 17.8. The van der Waals surface area contributed by atoms with E-state index < -0.39 is 33.9 Å². The van der Waals surface area contributed by atoms with Crippen LogP contribution in [0.25, 0.3) is 0 Å². The van der Waals surface area contributed by atoms with E-state index in [1.807, 2.05) is 4.72 Å². The molecule has 4 aliphatic rings. The Kier molecular flexibility index (Phi) is 10.1. The Morgan fingerprint density at radius 2 is 1.65 bits per heavy atom. The van der Waals surface area contributed by atoms with Crippen LogP contribution in [0.5, 0.6) is 0 Å². The average molecular weight is 661 g/mol. The van der Waals surface area contributed by atoms with Crippen LogP contribution >= 0.6 is 0 Å². The van der Waals surface area contributed by atoms with Gasteiger partial charge in [0, 0.05) is 12.0 Å². The molecule has 0 unspecified atom stereocenters. The van der Waals surface area contributed by atoms with Gasteiger partial charge in [-0.3, -0.25) is 14.0 Å². The van der Waals surface area contributed by atoms with Crippen LogP contribution in [0, 0.1) is 52.3 Å². The van der Waals surface area contributed by atoms with Crippen molar-refractivity contribution in [2.75, 3.05) is 13.2 Å². The fourth-order valence-corrected chi connectivity index (χ4v) is 12.0. The average Bonchev–Trinajstić information content (AvgIpc) is 3.38. The van der Waals surface area contributed by atoms with Crippen molar-refractivity contribution >= 4 is 21.8 Å². The van der Waals surface area contributed by atoms with Crippen molar-refractivity contribution in [3.63, 3.8) is 0 Å². The highest BCUT2D eigenvalue weighted by molar-refractivity contribution is 7.90. The first-order valence-corrected chi connectivity index (χ1v) is 19.3. The van der Waals surface area contributed by atoms with Gasteiger partial charge in [-0.25, -0.2) is 13.1 Å². The van der Waals surface area contributed by atoms with Crippen molar-refractivity contribution in [1.82, 2.24) is 10.0 Å². The number of halogens is 1. The lowest BCUT2D eigenvalue weighted by molar-refractivity contribution is -0.194. The van der Waals surface area contributed by atoms with Gasteiger partial charge in [-0.1, -0.05) is 72.9 Å². The molecule has 4 saturated carbocycles. The summed E-state index contributed by atoms with van der Waals surface area (Å²) in [5.41, 5.74) is 0.351. The summed E-state index contributed by atoms with van der Waals surface area (Å²) >= 11 is 0. The molecule has 3 N–H and O–H groups in total. The Morgan fingerprint density at radius 3 is 2.30 bits per heavy atom. The maximum atomic E-state index is 13.3. The number of carbonyl (C=O) groups excluding carboxylic acids is 2. The molecule has 1 aromatic carbocycles. The lowest BCUT2D eigenvalue weighted by Crippen LogP contribution is -2.61. The van der Waals surface area contributed by atoms with Crippen molar-refractivity contribution < 1.29 is 27.5 Å². The zero-order chi connectivity index (χ0) is 33.7. The summed E-state index contributed by atoms with van der Waals surface area (Å²) in [6, 6.07) is 5.66. The summed E-state index contributed by atoms with van der Waals surface area (Å²) < 4.78 is 40.7. The number of hydrogen-bond acceptors (Lipinski definition) is 5.